The van der Waals surface area contributed by atoms with Crippen molar-refractivity contribution in [2.75, 3.05) is 10.5 Å². The summed E-state index contributed by atoms with van der Waals surface area (Å²) in [5.41, 5.74) is 6.50. The molecule has 0 aliphatic carbocycles. The number of nitrogens with two attached hydrogens (primary N) is 1. The number of nitrogen functional groups attached to an aromatic ring is 1. The molecule has 112 valence electrons. The van der Waals surface area contributed by atoms with Crippen molar-refractivity contribution in [1.82, 2.24) is 15.2 Å². The molecule has 3 aromatic rings. The number of H-pyrrole nitrogens is 2. The molecule has 0 fully saturated rings. The van der Waals surface area contributed by atoms with Crippen LogP contribution in [-0.4, -0.2) is 23.6 Å². The van der Waals surface area contributed by atoms with Gasteiger partial charge in [0.15, 0.2) is 5.82 Å². The highest BCUT2D eigenvalue weighted by molar-refractivity contribution is 7.92. The first-order valence-corrected chi connectivity index (χ1v) is 7.82. The number of benzene rings is 1. The van der Waals surface area contributed by atoms with E-state index in [2.05, 4.69) is 19.9 Å². The fourth-order valence-electron chi connectivity index (χ4n) is 2.08. The van der Waals surface area contributed by atoms with Crippen LogP contribution in [0.2, 0.25) is 5.02 Å². The summed E-state index contributed by atoms with van der Waals surface area (Å²) in [6.45, 7) is 0. The molecule has 0 amide bonds. The van der Waals surface area contributed by atoms with E-state index >= 15 is 0 Å². The zero-order chi connectivity index (χ0) is 15.9. The van der Waals surface area contributed by atoms with Crippen LogP contribution in [0.25, 0.3) is 10.9 Å². The third-order valence-corrected chi connectivity index (χ3v) is 4.78. The summed E-state index contributed by atoms with van der Waals surface area (Å²) in [5, 5.41) is 15.8. The van der Waals surface area contributed by atoms with Gasteiger partial charge in [0.2, 0.25) is 0 Å². The summed E-state index contributed by atoms with van der Waals surface area (Å²) in [7, 11) is -3.92. The highest BCUT2D eigenvalue weighted by atomic mass is 35.5. The van der Waals surface area contributed by atoms with Crippen molar-refractivity contribution in [2.24, 2.45) is 0 Å². The zero-order valence-electron chi connectivity index (χ0n) is 10.9. The van der Waals surface area contributed by atoms with Crippen LogP contribution in [0.4, 0.5) is 11.5 Å². The molecule has 8 nitrogen and oxygen atoms in total. The van der Waals surface area contributed by atoms with Gasteiger partial charge in [-0.3, -0.25) is 9.82 Å². The predicted molar refractivity (Wildman–Crippen MR) is 81.8 cm³/mol. The molecule has 3 rings (SSSR count). The van der Waals surface area contributed by atoms with Gasteiger partial charge in [-0.2, -0.15) is 10.4 Å². The Morgan fingerprint density at radius 1 is 1.36 bits per heavy atom. The lowest BCUT2D eigenvalue weighted by atomic mass is 10.1. The average Bonchev–Trinajstić information content (AvgIpc) is 3.08. The van der Waals surface area contributed by atoms with E-state index in [1.54, 1.807) is 0 Å². The predicted octanol–water partition coefficient (Wildman–Crippen LogP) is 1.80. The van der Waals surface area contributed by atoms with Crippen LogP contribution in [0, 0.1) is 11.3 Å². The molecule has 0 aliphatic heterocycles. The Labute approximate surface area is 129 Å². The molecule has 5 N–H and O–H groups in total. The number of rotatable bonds is 3. The van der Waals surface area contributed by atoms with Gasteiger partial charge in [-0.25, -0.2) is 8.42 Å². The number of hydrogen-bond acceptors (Lipinski definition) is 5. The Balaban J connectivity index is 2.13. The standard InChI is InChI=1S/C12H9ClN6O2S/c13-7-1-2-8(11-10(7)6(3-14)4-16-11)19-22(20,21)9-5-17-18-12(9)15/h1-2,4-5,16,19H,(H3,15,17,18). The largest absolute Gasteiger partial charge is 0.381 e. The number of aromatic nitrogens is 3. The Morgan fingerprint density at radius 2 is 2.14 bits per heavy atom. The number of anilines is 2. The van der Waals surface area contributed by atoms with Gasteiger partial charge in [0.1, 0.15) is 11.0 Å². The molecule has 0 atom stereocenters. The van der Waals surface area contributed by atoms with E-state index in [4.69, 9.17) is 22.6 Å². The molecule has 22 heavy (non-hydrogen) atoms. The second-order valence-corrected chi connectivity index (χ2v) is 6.46. The summed E-state index contributed by atoms with van der Waals surface area (Å²) in [6, 6.07) is 4.99. The Morgan fingerprint density at radius 3 is 2.77 bits per heavy atom. The quantitative estimate of drug-likeness (QED) is 0.577. The number of nitriles is 1. The molecule has 2 aromatic heterocycles. The van der Waals surface area contributed by atoms with Crippen molar-refractivity contribution in [3.05, 3.63) is 35.1 Å². The summed E-state index contributed by atoms with van der Waals surface area (Å²) in [5.74, 6) is -0.137. The minimum atomic E-state index is -3.92. The van der Waals surface area contributed by atoms with Crippen molar-refractivity contribution in [3.8, 4) is 6.07 Å². The second-order valence-electron chi connectivity index (χ2n) is 4.40. The zero-order valence-corrected chi connectivity index (χ0v) is 12.5. The number of nitrogens with zero attached hydrogens (tertiary/aromatic N) is 2. The van der Waals surface area contributed by atoms with Gasteiger partial charge in [0.05, 0.1) is 21.8 Å². The van der Waals surface area contributed by atoms with Gasteiger partial charge in [-0.1, -0.05) is 11.6 Å². The Hall–Kier alpha value is -2.70. The van der Waals surface area contributed by atoms with E-state index in [1.807, 2.05) is 6.07 Å². The van der Waals surface area contributed by atoms with Gasteiger partial charge in [0.25, 0.3) is 10.0 Å². The number of sulfonamides is 1. The second kappa shape index (κ2) is 4.94. The van der Waals surface area contributed by atoms with E-state index in [0.717, 1.165) is 0 Å². The molecule has 0 radical (unpaired) electrons. The van der Waals surface area contributed by atoms with E-state index in [1.165, 1.54) is 24.5 Å². The first-order valence-electron chi connectivity index (χ1n) is 5.96. The average molecular weight is 337 g/mol. The normalized spacial score (nSPS) is 11.5. The smallest absolute Gasteiger partial charge is 0.267 e. The molecule has 0 saturated carbocycles. The number of hydrogen-bond donors (Lipinski definition) is 4. The van der Waals surface area contributed by atoms with Crippen molar-refractivity contribution in [3.63, 3.8) is 0 Å². The highest BCUT2D eigenvalue weighted by Crippen LogP contribution is 2.33. The lowest BCUT2D eigenvalue weighted by Crippen LogP contribution is -2.14. The SMILES string of the molecule is N#Cc1c[nH]c2c(NS(=O)(=O)c3c[nH]nc3N)ccc(Cl)c12. The van der Waals surface area contributed by atoms with Crippen LogP contribution in [0.1, 0.15) is 5.56 Å². The monoisotopic (exact) mass is 336 g/mol. The third-order valence-electron chi connectivity index (χ3n) is 3.07. The topological polar surface area (TPSA) is 140 Å². The number of aromatic amines is 2. The fourth-order valence-corrected chi connectivity index (χ4v) is 3.44. The van der Waals surface area contributed by atoms with Crippen LogP contribution in [-0.2, 0) is 10.0 Å². The van der Waals surface area contributed by atoms with Crippen LogP contribution >= 0.6 is 11.6 Å². The van der Waals surface area contributed by atoms with Crippen molar-refractivity contribution in [2.45, 2.75) is 4.90 Å². The Bertz CT molecular complexity index is 1010. The van der Waals surface area contributed by atoms with Gasteiger partial charge < -0.3 is 10.7 Å². The van der Waals surface area contributed by atoms with Crippen molar-refractivity contribution >= 4 is 44.0 Å². The van der Waals surface area contributed by atoms with E-state index in [0.29, 0.717) is 21.5 Å². The molecule has 1 aromatic carbocycles. The molecule has 0 bridgehead atoms. The molecule has 0 saturated heterocycles. The maximum absolute atomic E-state index is 12.3. The molecule has 0 spiro atoms. The molecule has 10 heteroatoms. The summed E-state index contributed by atoms with van der Waals surface area (Å²) in [6.07, 6.45) is 2.64. The summed E-state index contributed by atoms with van der Waals surface area (Å²) < 4.78 is 27.1. The summed E-state index contributed by atoms with van der Waals surface area (Å²) >= 11 is 6.07. The summed E-state index contributed by atoms with van der Waals surface area (Å²) in [4.78, 5) is 2.68. The lowest BCUT2D eigenvalue weighted by Gasteiger charge is -2.09. The number of nitrogens with one attached hydrogen (secondary N) is 3. The minimum Gasteiger partial charge on any atom is -0.381 e. The van der Waals surface area contributed by atoms with Crippen LogP contribution in [0.15, 0.2) is 29.4 Å². The minimum absolute atomic E-state index is 0.137. The number of fused-ring (bicyclic) bond motifs is 1. The van der Waals surface area contributed by atoms with Crippen LogP contribution in [0.5, 0.6) is 0 Å². The van der Waals surface area contributed by atoms with Crippen molar-refractivity contribution in [1.29, 1.82) is 5.26 Å². The maximum Gasteiger partial charge on any atom is 0.267 e. The van der Waals surface area contributed by atoms with Gasteiger partial charge >= 0.3 is 0 Å². The number of halogens is 1. The van der Waals surface area contributed by atoms with Crippen molar-refractivity contribution < 1.29 is 8.42 Å². The Kier molecular flexibility index (Phi) is 3.20. The van der Waals surface area contributed by atoms with Gasteiger partial charge in [0, 0.05) is 17.8 Å². The molecule has 0 unspecified atom stereocenters. The molecule has 0 aliphatic rings. The molecule has 2 heterocycles. The van der Waals surface area contributed by atoms with Crippen LogP contribution in [0.3, 0.4) is 0 Å². The van der Waals surface area contributed by atoms with Crippen LogP contribution < -0.4 is 10.5 Å². The third kappa shape index (κ3) is 2.14. The molecular weight excluding hydrogens is 328 g/mol. The first kappa shape index (κ1) is 14.2. The van der Waals surface area contributed by atoms with E-state index < -0.39 is 10.0 Å². The lowest BCUT2D eigenvalue weighted by molar-refractivity contribution is 0.601. The van der Waals surface area contributed by atoms with Gasteiger partial charge in [-0.05, 0) is 12.1 Å². The first-order chi connectivity index (χ1) is 10.4. The molecular formula is C12H9ClN6O2S. The highest BCUT2D eigenvalue weighted by Gasteiger charge is 2.21. The van der Waals surface area contributed by atoms with E-state index in [9.17, 15) is 8.42 Å². The maximum atomic E-state index is 12.3. The van der Waals surface area contributed by atoms with Gasteiger partial charge in [-0.15, -0.1) is 0 Å². The fraction of sp³-hybridized carbons (Fsp3) is 0. The van der Waals surface area contributed by atoms with E-state index in [-0.39, 0.29) is 16.4 Å².